The molecule has 0 saturated heterocycles. The fourth-order valence-electron chi connectivity index (χ4n) is 1.22. The number of anilines is 1. The molecular formula is C10H12ClN5. The van der Waals surface area contributed by atoms with E-state index in [1.807, 2.05) is 6.07 Å². The predicted octanol–water partition coefficient (Wildman–Crippen LogP) is 2.34. The molecule has 0 aliphatic carbocycles. The van der Waals surface area contributed by atoms with Gasteiger partial charge in [-0.15, -0.1) is 5.10 Å². The van der Waals surface area contributed by atoms with Crippen LogP contribution in [0.4, 0.5) is 5.95 Å². The summed E-state index contributed by atoms with van der Waals surface area (Å²) in [5, 5.41) is 10.4. The number of rotatable bonds is 4. The maximum Gasteiger partial charge on any atom is 0.242 e. The second-order valence-corrected chi connectivity index (χ2v) is 3.69. The normalized spacial score (nSPS) is 10.4. The van der Waals surface area contributed by atoms with Gasteiger partial charge >= 0.3 is 0 Å². The van der Waals surface area contributed by atoms with E-state index in [2.05, 4.69) is 32.4 Å². The van der Waals surface area contributed by atoms with Crippen molar-refractivity contribution in [2.24, 2.45) is 0 Å². The third-order valence-electron chi connectivity index (χ3n) is 2.02. The number of aromatic nitrogens is 4. The first-order chi connectivity index (χ1) is 7.79. The van der Waals surface area contributed by atoms with Gasteiger partial charge in [0.2, 0.25) is 5.95 Å². The lowest BCUT2D eigenvalue weighted by molar-refractivity contribution is 0.954. The lowest BCUT2D eigenvalue weighted by Crippen LogP contribution is -2.00. The lowest BCUT2D eigenvalue weighted by atomic mass is 10.3. The number of nitrogens with one attached hydrogen (secondary N) is 2. The van der Waals surface area contributed by atoms with Gasteiger partial charge in [-0.1, -0.05) is 18.5 Å². The Hall–Kier alpha value is -1.62. The van der Waals surface area contributed by atoms with Gasteiger partial charge < -0.3 is 5.32 Å². The summed E-state index contributed by atoms with van der Waals surface area (Å²) >= 11 is 5.70. The monoisotopic (exact) mass is 237 g/mol. The predicted molar refractivity (Wildman–Crippen MR) is 63.4 cm³/mol. The number of halogens is 1. The first-order valence-corrected chi connectivity index (χ1v) is 5.45. The van der Waals surface area contributed by atoms with Crippen LogP contribution < -0.4 is 5.32 Å². The molecule has 0 bridgehead atoms. The van der Waals surface area contributed by atoms with E-state index in [4.69, 9.17) is 11.6 Å². The van der Waals surface area contributed by atoms with Gasteiger partial charge in [0.15, 0.2) is 5.82 Å². The maximum absolute atomic E-state index is 5.70. The fourth-order valence-corrected chi connectivity index (χ4v) is 1.33. The smallest absolute Gasteiger partial charge is 0.242 e. The molecule has 0 aliphatic heterocycles. The minimum atomic E-state index is 0.465. The van der Waals surface area contributed by atoms with Crippen LogP contribution >= 0.6 is 11.6 Å². The van der Waals surface area contributed by atoms with E-state index in [-0.39, 0.29) is 0 Å². The summed E-state index contributed by atoms with van der Waals surface area (Å²) in [5.74, 6) is 1.29. The molecule has 16 heavy (non-hydrogen) atoms. The number of pyridine rings is 1. The van der Waals surface area contributed by atoms with Gasteiger partial charge in [-0.3, -0.25) is 5.10 Å². The Morgan fingerprint density at radius 1 is 1.44 bits per heavy atom. The molecule has 2 aromatic rings. The molecule has 2 heterocycles. The number of hydrogen-bond acceptors (Lipinski definition) is 4. The highest BCUT2D eigenvalue weighted by Gasteiger charge is 2.04. The fraction of sp³-hybridized carbons (Fsp3) is 0.300. The largest absolute Gasteiger partial charge is 0.353 e. The van der Waals surface area contributed by atoms with Gasteiger partial charge in [0.25, 0.3) is 0 Å². The van der Waals surface area contributed by atoms with Crippen LogP contribution in [0.25, 0.3) is 11.4 Å². The van der Waals surface area contributed by atoms with Crippen LogP contribution in [0.5, 0.6) is 0 Å². The molecule has 6 heteroatoms. The van der Waals surface area contributed by atoms with Crippen molar-refractivity contribution in [3.8, 4) is 11.4 Å². The molecule has 2 aromatic heterocycles. The quantitative estimate of drug-likeness (QED) is 0.801. The highest BCUT2D eigenvalue weighted by Crippen LogP contribution is 2.16. The van der Waals surface area contributed by atoms with Gasteiger partial charge in [0, 0.05) is 18.3 Å². The number of H-pyrrole nitrogens is 1. The summed E-state index contributed by atoms with van der Waals surface area (Å²) in [6.07, 6.45) is 2.69. The molecule has 2 rings (SSSR count). The van der Waals surface area contributed by atoms with Gasteiger partial charge in [-0.05, 0) is 18.6 Å². The minimum absolute atomic E-state index is 0.465. The Morgan fingerprint density at radius 3 is 3.00 bits per heavy atom. The van der Waals surface area contributed by atoms with E-state index in [0.717, 1.165) is 18.5 Å². The molecule has 0 fully saturated rings. The van der Waals surface area contributed by atoms with Crippen LogP contribution in [0, 0.1) is 0 Å². The van der Waals surface area contributed by atoms with Crippen LogP contribution in [0.15, 0.2) is 18.3 Å². The van der Waals surface area contributed by atoms with E-state index >= 15 is 0 Å². The molecule has 84 valence electrons. The van der Waals surface area contributed by atoms with E-state index in [9.17, 15) is 0 Å². The SMILES string of the molecule is CCCNc1n[nH]c(-c2ccc(Cl)nc2)n1. The third kappa shape index (κ3) is 2.49. The molecule has 0 aromatic carbocycles. The molecule has 2 N–H and O–H groups in total. The average molecular weight is 238 g/mol. The standard InChI is InChI=1S/C10H12ClN5/c1-2-5-12-10-14-9(15-16-10)7-3-4-8(11)13-6-7/h3-4,6H,2,5H2,1H3,(H2,12,14,15,16). The highest BCUT2D eigenvalue weighted by atomic mass is 35.5. The minimum Gasteiger partial charge on any atom is -0.353 e. The Labute approximate surface area is 98.3 Å². The zero-order valence-electron chi connectivity index (χ0n) is 8.87. The van der Waals surface area contributed by atoms with Crippen LogP contribution in [-0.4, -0.2) is 26.7 Å². The van der Waals surface area contributed by atoms with Crippen LogP contribution in [-0.2, 0) is 0 Å². The lowest BCUT2D eigenvalue weighted by Gasteiger charge is -1.96. The van der Waals surface area contributed by atoms with Gasteiger partial charge in [0.1, 0.15) is 5.15 Å². The second kappa shape index (κ2) is 4.94. The van der Waals surface area contributed by atoms with Crippen molar-refractivity contribution in [3.63, 3.8) is 0 Å². The van der Waals surface area contributed by atoms with Crippen LogP contribution in [0.1, 0.15) is 13.3 Å². The summed E-state index contributed by atoms with van der Waals surface area (Å²) < 4.78 is 0. The van der Waals surface area contributed by atoms with Gasteiger partial charge in [-0.2, -0.15) is 4.98 Å². The molecule has 0 unspecified atom stereocenters. The van der Waals surface area contributed by atoms with Crippen LogP contribution in [0.3, 0.4) is 0 Å². The summed E-state index contributed by atoms with van der Waals surface area (Å²) in [4.78, 5) is 8.27. The average Bonchev–Trinajstić information content (AvgIpc) is 2.76. The molecular weight excluding hydrogens is 226 g/mol. The van der Waals surface area contributed by atoms with Crippen molar-refractivity contribution in [1.82, 2.24) is 20.2 Å². The van der Waals surface area contributed by atoms with Gasteiger partial charge in [0.05, 0.1) is 0 Å². The maximum atomic E-state index is 5.70. The molecule has 0 amide bonds. The zero-order valence-corrected chi connectivity index (χ0v) is 9.62. The molecule has 0 radical (unpaired) electrons. The topological polar surface area (TPSA) is 66.5 Å². The summed E-state index contributed by atoms with van der Waals surface area (Å²) in [7, 11) is 0. The highest BCUT2D eigenvalue weighted by molar-refractivity contribution is 6.29. The van der Waals surface area contributed by atoms with E-state index in [1.54, 1.807) is 12.3 Å². The third-order valence-corrected chi connectivity index (χ3v) is 2.24. The second-order valence-electron chi connectivity index (χ2n) is 3.30. The Bertz CT molecular complexity index is 450. The van der Waals surface area contributed by atoms with Crippen LogP contribution in [0.2, 0.25) is 5.15 Å². The van der Waals surface area contributed by atoms with Gasteiger partial charge in [-0.25, -0.2) is 4.98 Å². The number of nitrogens with zero attached hydrogens (tertiary/aromatic N) is 3. The molecule has 0 aliphatic rings. The number of hydrogen-bond donors (Lipinski definition) is 2. The first-order valence-electron chi connectivity index (χ1n) is 5.08. The first kappa shape index (κ1) is 10.9. The Balaban J connectivity index is 2.15. The molecule has 0 spiro atoms. The Kier molecular flexibility index (Phi) is 3.36. The number of aromatic amines is 1. The summed E-state index contributed by atoms with van der Waals surface area (Å²) in [6, 6.07) is 3.57. The van der Waals surface area contributed by atoms with Crippen molar-refractivity contribution in [3.05, 3.63) is 23.5 Å². The summed E-state index contributed by atoms with van der Waals surface area (Å²) in [6.45, 7) is 2.94. The Morgan fingerprint density at radius 2 is 2.31 bits per heavy atom. The molecule has 0 atom stereocenters. The zero-order chi connectivity index (χ0) is 11.4. The van der Waals surface area contributed by atoms with E-state index in [0.29, 0.717) is 16.9 Å². The van der Waals surface area contributed by atoms with Crippen molar-refractivity contribution in [1.29, 1.82) is 0 Å². The van der Waals surface area contributed by atoms with E-state index < -0.39 is 0 Å². The van der Waals surface area contributed by atoms with Crippen molar-refractivity contribution >= 4 is 17.5 Å². The van der Waals surface area contributed by atoms with Crippen molar-refractivity contribution in [2.75, 3.05) is 11.9 Å². The van der Waals surface area contributed by atoms with Crippen molar-refractivity contribution < 1.29 is 0 Å². The van der Waals surface area contributed by atoms with Crippen molar-refractivity contribution in [2.45, 2.75) is 13.3 Å². The molecule has 5 nitrogen and oxygen atoms in total. The van der Waals surface area contributed by atoms with E-state index in [1.165, 1.54) is 0 Å². The summed E-state index contributed by atoms with van der Waals surface area (Å²) in [5.41, 5.74) is 0.862. The molecule has 0 saturated carbocycles.